The lowest BCUT2D eigenvalue weighted by atomic mass is 10.2. The number of hydrogen-bond donors (Lipinski definition) is 3. The number of phenols is 1. The first-order valence-corrected chi connectivity index (χ1v) is 12.9. The third-order valence-corrected chi connectivity index (χ3v) is 9.42. The van der Waals surface area contributed by atoms with E-state index in [0.29, 0.717) is 17.2 Å². The zero-order valence-electron chi connectivity index (χ0n) is 18.7. The van der Waals surface area contributed by atoms with Crippen molar-refractivity contribution in [2.75, 3.05) is 11.1 Å². The van der Waals surface area contributed by atoms with E-state index in [0.717, 1.165) is 11.4 Å². The summed E-state index contributed by atoms with van der Waals surface area (Å²) in [5.41, 5.74) is 7.29. The van der Waals surface area contributed by atoms with Crippen LogP contribution in [0.25, 0.3) is 0 Å². The van der Waals surface area contributed by atoms with Crippen molar-refractivity contribution in [3.63, 3.8) is 0 Å². The van der Waals surface area contributed by atoms with Crippen molar-refractivity contribution < 1.29 is 9.53 Å². The Morgan fingerprint density at radius 1 is 1.00 bits per heavy atom. The lowest BCUT2D eigenvalue weighted by Gasteiger charge is -2.36. The largest absolute Gasteiger partial charge is 0.544 e. The number of aromatic nitrogens is 1. The Hall–Kier alpha value is -3.50. The number of rotatable bonds is 4. The molecule has 0 bridgehead atoms. The molecule has 0 aliphatic carbocycles. The Labute approximate surface area is 185 Å². The van der Waals surface area contributed by atoms with E-state index in [-0.39, 0.29) is 10.8 Å². The van der Waals surface area contributed by atoms with Crippen LogP contribution in [0.15, 0.2) is 66.7 Å². The molecule has 0 aliphatic heterocycles. The summed E-state index contributed by atoms with van der Waals surface area (Å²) in [6.07, 6.45) is 0. The minimum absolute atomic E-state index is 0.172. The maximum absolute atomic E-state index is 8.89. The highest BCUT2D eigenvalue weighted by Crippen LogP contribution is 2.37. The maximum Gasteiger partial charge on any atom is 0.250 e. The number of benzene rings is 2. The van der Waals surface area contributed by atoms with E-state index in [2.05, 4.69) is 44.2 Å². The van der Waals surface area contributed by atoms with E-state index in [1.54, 1.807) is 30.3 Å². The molecule has 2 aromatic carbocycles. The van der Waals surface area contributed by atoms with Gasteiger partial charge in [0.25, 0.3) is 0 Å². The average Bonchev–Trinajstić information content (AvgIpc) is 2.71. The first-order chi connectivity index (χ1) is 14.5. The number of pyridine rings is 1. The van der Waals surface area contributed by atoms with Crippen molar-refractivity contribution in [3.05, 3.63) is 72.4 Å². The Balaban J connectivity index is 0.000000357. The Bertz CT molecular complexity index is 1000. The molecule has 1 heterocycles. The van der Waals surface area contributed by atoms with Crippen LogP contribution in [0, 0.1) is 11.3 Å². The highest BCUT2D eigenvalue weighted by atomic mass is 28.4. The summed E-state index contributed by atoms with van der Waals surface area (Å²) in [7, 11) is -1.82. The quantitative estimate of drug-likeness (QED) is 0.262. The van der Waals surface area contributed by atoms with Gasteiger partial charge in [0.2, 0.25) is 8.32 Å². The maximum atomic E-state index is 8.89. The lowest BCUT2D eigenvalue weighted by Crippen LogP contribution is -2.43. The van der Waals surface area contributed by atoms with Gasteiger partial charge in [-0.2, -0.15) is 5.26 Å². The van der Waals surface area contributed by atoms with Crippen molar-refractivity contribution in [2.45, 2.75) is 38.9 Å². The monoisotopic (exact) mass is 434 g/mol. The van der Waals surface area contributed by atoms with E-state index >= 15 is 0 Å². The van der Waals surface area contributed by atoms with Crippen molar-refractivity contribution in [3.8, 4) is 17.6 Å². The third kappa shape index (κ3) is 7.35. The van der Waals surface area contributed by atoms with Crippen molar-refractivity contribution in [1.82, 2.24) is 4.98 Å². The molecule has 31 heavy (non-hydrogen) atoms. The van der Waals surface area contributed by atoms with E-state index < -0.39 is 8.32 Å². The molecule has 3 aromatic rings. The molecule has 0 aliphatic rings. The summed E-state index contributed by atoms with van der Waals surface area (Å²) in [6, 6.07) is 21.6. The molecule has 0 atom stereocenters. The van der Waals surface area contributed by atoms with Crippen LogP contribution in [0.5, 0.6) is 11.5 Å². The van der Waals surface area contributed by atoms with Gasteiger partial charge >= 0.3 is 0 Å². The summed E-state index contributed by atoms with van der Waals surface area (Å²) >= 11 is 0. The molecular weight excluding hydrogens is 404 g/mol. The Morgan fingerprint density at radius 3 is 2.13 bits per heavy atom. The molecule has 6 nitrogen and oxygen atoms in total. The van der Waals surface area contributed by atoms with Gasteiger partial charge in [-0.3, -0.25) is 0 Å². The number of nitrogen functional groups attached to an aromatic ring is 1. The van der Waals surface area contributed by atoms with Crippen LogP contribution in [-0.4, -0.2) is 18.4 Å². The fourth-order valence-electron chi connectivity index (χ4n) is 2.24. The first-order valence-electron chi connectivity index (χ1n) is 9.98. The van der Waals surface area contributed by atoms with Gasteiger partial charge in [0.1, 0.15) is 29.1 Å². The minimum Gasteiger partial charge on any atom is -0.544 e. The topological polar surface area (TPSA) is 104 Å². The molecule has 4 N–H and O–H groups in total. The minimum atomic E-state index is -1.82. The number of anilines is 3. The fourth-order valence-corrected chi connectivity index (χ4v) is 3.27. The van der Waals surface area contributed by atoms with Gasteiger partial charge in [-0.1, -0.05) is 26.8 Å². The summed E-state index contributed by atoms with van der Waals surface area (Å²) in [5.74, 6) is 1.79. The van der Waals surface area contributed by atoms with Gasteiger partial charge in [0.15, 0.2) is 0 Å². The average molecular weight is 435 g/mol. The van der Waals surface area contributed by atoms with Gasteiger partial charge in [-0.05, 0) is 78.8 Å². The van der Waals surface area contributed by atoms with Crippen LogP contribution < -0.4 is 15.5 Å². The zero-order valence-corrected chi connectivity index (χ0v) is 19.7. The van der Waals surface area contributed by atoms with Gasteiger partial charge in [0.05, 0.1) is 0 Å². The van der Waals surface area contributed by atoms with Crippen LogP contribution in [0.2, 0.25) is 18.1 Å². The fraction of sp³-hybridized carbons (Fsp3) is 0.250. The van der Waals surface area contributed by atoms with Crippen molar-refractivity contribution in [1.29, 1.82) is 5.26 Å². The second-order valence-corrected chi connectivity index (χ2v) is 13.3. The van der Waals surface area contributed by atoms with Crippen LogP contribution in [0.4, 0.5) is 17.2 Å². The highest BCUT2D eigenvalue weighted by Gasteiger charge is 2.38. The molecule has 162 valence electrons. The van der Waals surface area contributed by atoms with Gasteiger partial charge in [-0.15, -0.1) is 0 Å². The molecule has 0 radical (unpaired) electrons. The van der Waals surface area contributed by atoms with Gasteiger partial charge in [0, 0.05) is 11.4 Å². The number of nitrogens with one attached hydrogen (secondary N) is 1. The second-order valence-electron chi connectivity index (χ2n) is 8.62. The van der Waals surface area contributed by atoms with E-state index in [1.165, 1.54) is 0 Å². The van der Waals surface area contributed by atoms with Gasteiger partial charge in [-0.25, -0.2) is 4.98 Å². The molecule has 3 rings (SSSR count). The highest BCUT2D eigenvalue weighted by molar-refractivity contribution is 6.74. The molecule has 0 unspecified atom stereocenters. The molecular formula is C24H30N4O2Si. The summed E-state index contributed by atoms with van der Waals surface area (Å²) in [5, 5.41) is 21.0. The Morgan fingerprint density at radius 2 is 1.61 bits per heavy atom. The van der Waals surface area contributed by atoms with E-state index in [9.17, 15) is 0 Å². The first kappa shape index (κ1) is 23.8. The van der Waals surface area contributed by atoms with Crippen LogP contribution in [0.3, 0.4) is 0 Å². The van der Waals surface area contributed by atoms with Crippen LogP contribution in [-0.2, 0) is 0 Å². The summed E-state index contributed by atoms with van der Waals surface area (Å²) < 4.78 is 6.26. The summed E-state index contributed by atoms with van der Waals surface area (Å²) in [4.78, 5) is 4.20. The standard InChI is InChI=1S/C18H23N3OSi.C6H7NO/c1-18(2,3)23(4,5)22-16-11-9-14(10-12-16)20-17-8-6-7-15(13-19)21-17;7-5-1-3-6(8)4-2-5/h6-12H,1-5H3,(H,20,21);1-4,8H,7H2. The molecule has 0 saturated heterocycles. The normalized spacial score (nSPS) is 11.0. The molecule has 0 spiro atoms. The van der Waals surface area contributed by atoms with Gasteiger partial charge < -0.3 is 20.6 Å². The van der Waals surface area contributed by atoms with E-state index in [1.807, 2.05) is 42.5 Å². The third-order valence-electron chi connectivity index (χ3n) is 5.06. The van der Waals surface area contributed by atoms with Crippen molar-refractivity contribution >= 4 is 25.5 Å². The number of nitriles is 1. The number of hydrogen-bond acceptors (Lipinski definition) is 6. The van der Waals surface area contributed by atoms with Crippen molar-refractivity contribution in [2.24, 2.45) is 0 Å². The van der Waals surface area contributed by atoms with Crippen LogP contribution in [0.1, 0.15) is 26.5 Å². The smallest absolute Gasteiger partial charge is 0.250 e. The number of aromatic hydroxyl groups is 1. The predicted octanol–water partition coefficient (Wildman–Crippen LogP) is 6.06. The molecule has 0 amide bonds. The number of phenolic OH excluding ortho intramolecular Hbond substituents is 1. The predicted molar refractivity (Wildman–Crippen MR) is 129 cm³/mol. The number of nitrogens with two attached hydrogens (primary N) is 1. The second kappa shape index (κ2) is 10.0. The zero-order chi connectivity index (χ0) is 23.1. The molecule has 0 saturated carbocycles. The SMILES string of the molecule is CC(C)(C)[Si](C)(C)Oc1ccc(Nc2cccc(C#N)n2)cc1.Nc1ccc(O)cc1. The Kier molecular flexibility index (Phi) is 7.67. The molecule has 1 aromatic heterocycles. The molecule has 7 heteroatoms. The van der Waals surface area contributed by atoms with E-state index in [4.69, 9.17) is 20.5 Å². The van der Waals surface area contributed by atoms with Crippen LogP contribution >= 0.6 is 0 Å². The molecule has 0 fully saturated rings. The summed E-state index contributed by atoms with van der Waals surface area (Å²) in [6.45, 7) is 11.1. The lowest BCUT2D eigenvalue weighted by molar-refractivity contribution is 0.475. The number of nitrogens with zero attached hydrogens (tertiary/aromatic N) is 2.